The zero-order valence-electron chi connectivity index (χ0n) is 11.9. The Balaban J connectivity index is 2.19. The normalized spacial score (nSPS) is 22.5. The lowest BCUT2D eigenvalue weighted by Gasteiger charge is -2.39. The Bertz CT molecular complexity index is 492. The van der Waals surface area contributed by atoms with Crippen LogP contribution >= 0.6 is 0 Å². The van der Waals surface area contributed by atoms with E-state index in [1.54, 1.807) is 0 Å². The van der Waals surface area contributed by atoms with Crippen molar-refractivity contribution in [1.29, 1.82) is 0 Å². The Morgan fingerprint density at radius 1 is 1.40 bits per heavy atom. The maximum atomic E-state index is 12.6. The molecule has 110 valence electrons. The maximum absolute atomic E-state index is 12.6. The lowest BCUT2D eigenvalue weighted by Crippen LogP contribution is -2.48. The van der Waals surface area contributed by atoms with Gasteiger partial charge in [-0.3, -0.25) is 4.79 Å². The number of nitrogens with two attached hydrogens (primary N) is 1. The Morgan fingerprint density at radius 3 is 2.75 bits per heavy atom. The molecular weight excluding hydrogens is 256 g/mol. The van der Waals surface area contributed by atoms with Crippen molar-refractivity contribution in [2.75, 3.05) is 13.1 Å². The molecule has 2 atom stereocenters. The Labute approximate surface area is 118 Å². The quantitative estimate of drug-likeness (QED) is 0.908. The van der Waals surface area contributed by atoms with Crippen molar-refractivity contribution in [2.24, 2.45) is 11.7 Å². The predicted octanol–water partition coefficient (Wildman–Crippen LogP) is 1.62. The largest absolute Gasteiger partial charge is 0.430 e. The summed E-state index contributed by atoms with van der Waals surface area (Å²) in [6, 6.07) is 3.00. The average molecular weight is 278 g/mol. The van der Waals surface area contributed by atoms with Crippen LogP contribution in [-0.4, -0.2) is 29.9 Å². The predicted molar refractivity (Wildman–Crippen MR) is 76.5 cm³/mol. The van der Waals surface area contributed by atoms with Crippen LogP contribution in [-0.2, 0) is 0 Å². The van der Waals surface area contributed by atoms with Crippen molar-refractivity contribution in [1.82, 2.24) is 4.90 Å². The van der Waals surface area contributed by atoms with Crippen LogP contribution in [0.25, 0.3) is 0 Å². The van der Waals surface area contributed by atoms with Gasteiger partial charge in [0.15, 0.2) is 0 Å². The van der Waals surface area contributed by atoms with Gasteiger partial charge in [0.1, 0.15) is 6.26 Å². The van der Waals surface area contributed by atoms with Crippen LogP contribution in [0.4, 0.5) is 0 Å². The van der Waals surface area contributed by atoms with E-state index in [2.05, 4.69) is 0 Å². The molecule has 0 bridgehead atoms. The van der Waals surface area contributed by atoms with Gasteiger partial charge in [0.2, 0.25) is 0 Å². The first-order chi connectivity index (χ1) is 9.67. The van der Waals surface area contributed by atoms with Gasteiger partial charge in [-0.05, 0) is 38.3 Å². The van der Waals surface area contributed by atoms with E-state index >= 15 is 0 Å². The number of hydrogen-bond acceptors (Lipinski definition) is 4. The summed E-state index contributed by atoms with van der Waals surface area (Å²) in [4.78, 5) is 25.4. The summed E-state index contributed by atoms with van der Waals surface area (Å²) in [6.45, 7) is 3.22. The summed E-state index contributed by atoms with van der Waals surface area (Å²) in [5.41, 5.74) is 5.83. The van der Waals surface area contributed by atoms with E-state index in [0.29, 0.717) is 24.6 Å². The van der Waals surface area contributed by atoms with E-state index in [1.165, 1.54) is 24.8 Å². The first-order valence-electron chi connectivity index (χ1n) is 7.27. The topological polar surface area (TPSA) is 76.5 Å². The van der Waals surface area contributed by atoms with Gasteiger partial charge in [0.05, 0.1) is 5.56 Å². The van der Waals surface area contributed by atoms with E-state index in [-0.39, 0.29) is 11.9 Å². The molecule has 2 unspecified atom stereocenters. The van der Waals surface area contributed by atoms with Gasteiger partial charge >= 0.3 is 5.63 Å². The molecule has 1 amide bonds. The highest BCUT2D eigenvalue weighted by molar-refractivity contribution is 5.93. The van der Waals surface area contributed by atoms with Crippen LogP contribution in [0.3, 0.4) is 0 Å². The highest BCUT2D eigenvalue weighted by Gasteiger charge is 2.31. The second-order valence-corrected chi connectivity index (χ2v) is 5.28. The van der Waals surface area contributed by atoms with E-state index in [9.17, 15) is 9.59 Å². The molecule has 20 heavy (non-hydrogen) atoms. The van der Waals surface area contributed by atoms with Gasteiger partial charge < -0.3 is 15.1 Å². The van der Waals surface area contributed by atoms with Crippen molar-refractivity contribution < 1.29 is 9.21 Å². The monoisotopic (exact) mass is 278 g/mol. The first kappa shape index (κ1) is 14.8. The molecule has 1 aromatic heterocycles. The SMILES string of the molecule is CCN(C(=O)c1ccc(=O)oc1)C1CCCCC1CN. The van der Waals surface area contributed by atoms with Crippen LogP contribution in [0.1, 0.15) is 43.0 Å². The number of amides is 1. The molecule has 1 heterocycles. The molecular formula is C15H22N2O3. The molecule has 0 saturated heterocycles. The molecule has 0 spiro atoms. The summed E-state index contributed by atoms with van der Waals surface area (Å²) in [5, 5.41) is 0. The number of hydrogen-bond donors (Lipinski definition) is 1. The highest BCUT2D eigenvalue weighted by atomic mass is 16.4. The van der Waals surface area contributed by atoms with Gasteiger partial charge in [0.25, 0.3) is 5.91 Å². The van der Waals surface area contributed by atoms with Crippen LogP contribution in [0.15, 0.2) is 27.6 Å². The molecule has 0 radical (unpaired) electrons. The maximum Gasteiger partial charge on any atom is 0.335 e. The minimum absolute atomic E-state index is 0.0819. The minimum Gasteiger partial charge on any atom is -0.430 e. The van der Waals surface area contributed by atoms with Crippen molar-refractivity contribution in [3.63, 3.8) is 0 Å². The van der Waals surface area contributed by atoms with E-state index in [0.717, 1.165) is 19.3 Å². The zero-order chi connectivity index (χ0) is 14.5. The first-order valence-corrected chi connectivity index (χ1v) is 7.27. The fourth-order valence-electron chi connectivity index (χ4n) is 3.05. The summed E-state index contributed by atoms with van der Waals surface area (Å²) < 4.78 is 4.79. The van der Waals surface area contributed by atoms with Gasteiger partial charge in [-0.1, -0.05) is 12.8 Å². The Morgan fingerprint density at radius 2 is 2.15 bits per heavy atom. The molecule has 1 aliphatic rings. The van der Waals surface area contributed by atoms with Crippen molar-refractivity contribution in [3.05, 3.63) is 34.4 Å². The summed E-state index contributed by atoms with van der Waals surface area (Å²) in [5.74, 6) is 0.282. The van der Waals surface area contributed by atoms with Crippen LogP contribution in [0.2, 0.25) is 0 Å². The van der Waals surface area contributed by atoms with Crippen LogP contribution in [0, 0.1) is 5.92 Å². The lowest BCUT2D eigenvalue weighted by atomic mass is 9.83. The third-order valence-corrected chi connectivity index (χ3v) is 4.12. The standard InChI is InChI=1S/C15H22N2O3/c1-2-17(13-6-4-3-5-11(13)9-16)15(19)12-7-8-14(18)20-10-12/h7-8,10-11,13H,2-6,9,16H2,1H3. The summed E-state index contributed by atoms with van der Waals surface area (Å²) in [7, 11) is 0. The lowest BCUT2D eigenvalue weighted by molar-refractivity contribution is 0.0557. The summed E-state index contributed by atoms with van der Waals surface area (Å²) >= 11 is 0. The van der Waals surface area contributed by atoms with Gasteiger partial charge in [-0.15, -0.1) is 0 Å². The fraction of sp³-hybridized carbons (Fsp3) is 0.600. The van der Waals surface area contributed by atoms with E-state index < -0.39 is 5.63 Å². The third kappa shape index (κ3) is 3.10. The van der Waals surface area contributed by atoms with Crippen molar-refractivity contribution >= 4 is 5.91 Å². The number of rotatable bonds is 4. The van der Waals surface area contributed by atoms with Crippen molar-refractivity contribution in [2.45, 2.75) is 38.6 Å². The zero-order valence-corrected chi connectivity index (χ0v) is 11.9. The molecule has 0 aliphatic heterocycles. The Kier molecular flexibility index (Phi) is 4.95. The van der Waals surface area contributed by atoms with E-state index in [1.807, 2.05) is 11.8 Å². The third-order valence-electron chi connectivity index (χ3n) is 4.12. The molecule has 1 fully saturated rings. The second-order valence-electron chi connectivity index (χ2n) is 5.28. The second kappa shape index (κ2) is 6.70. The molecule has 1 aromatic rings. The van der Waals surface area contributed by atoms with Crippen LogP contribution in [0.5, 0.6) is 0 Å². The van der Waals surface area contributed by atoms with Gasteiger partial charge in [-0.2, -0.15) is 0 Å². The molecule has 1 saturated carbocycles. The van der Waals surface area contributed by atoms with E-state index in [4.69, 9.17) is 10.2 Å². The molecule has 5 heteroatoms. The molecule has 2 N–H and O–H groups in total. The Hall–Kier alpha value is -1.62. The number of carbonyl (C=O) groups is 1. The smallest absolute Gasteiger partial charge is 0.335 e. The van der Waals surface area contributed by atoms with Gasteiger partial charge in [0, 0.05) is 18.7 Å². The van der Waals surface area contributed by atoms with Crippen molar-refractivity contribution in [3.8, 4) is 0 Å². The summed E-state index contributed by atoms with van der Waals surface area (Å²) in [6.07, 6.45) is 5.64. The molecule has 0 aromatic carbocycles. The molecule has 2 rings (SSSR count). The fourth-order valence-corrected chi connectivity index (χ4v) is 3.05. The highest BCUT2D eigenvalue weighted by Crippen LogP contribution is 2.28. The van der Waals surface area contributed by atoms with Gasteiger partial charge in [-0.25, -0.2) is 4.79 Å². The minimum atomic E-state index is -0.443. The number of nitrogens with zero attached hydrogens (tertiary/aromatic N) is 1. The molecule has 1 aliphatic carbocycles. The molecule has 5 nitrogen and oxygen atoms in total. The average Bonchev–Trinajstić information content (AvgIpc) is 2.49. The van der Waals surface area contributed by atoms with Crippen LogP contribution < -0.4 is 11.4 Å². The number of carbonyl (C=O) groups excluding carboxylic acids is 1.